The Morgan fingerprint density at radius 1 is 0.800 bits per heavy atom. The second kappa shape index (κ2) is 11.0. The zero-order chi connectivity index (χ0) is 24.8. The van der Waals surface area contributed by atoms with E-state index in [4.69, 9.17) is 9.47 Å². The van der Waals surface area contributed by atoms with Crippen LogP contribution in [0.4, 0.5) is 0 Å². The molecule has 0 aliphatic carbocycles. The molecule has 35 heavy (non-hydrogen) atoms. The number of Topliss-reactive ketones (excluding diaryl/α,β-unsaturated/α-hetero) is 1. The number of likely N-dealkylation sites (tertiary alicyclic amines) is 1. The van der Waals surface area contributed by atoms with Crippen LogP contribution in [-0.2, 0) is 4.79 Å². The molecule has 1 atom stereocenters. The molecule has 5 nitrogen and oxygen atoms in total. The molecule has 0 N–H and O–H groups in total. The minimum absolute atomic E-state index is 0.0530. The Labute approximate surface area is 207 Å². The summed E-state index contributed by atoms with van der Waals surface area (Å²) in [4.78, 5) is 26.7. The van der Waals surface area contributed by atoms with Gasteiger partial charge in [0.15, 0.2) is 23.4 Å². The Balaban J connectivity index is 1.48. The first kappa shape index (κ1) is 24.3. The predicted octanol–water partition coefficient (Wildman–Crippen LogP) is 5.79. The van der Waals surface area contributed by atoms with Gasteiger partial charge in [0.25, 0.3) is 5.91 Å². The van der Waals surface area contributed by atoms with E-state index in [1.807, 2.05) is 17.0 Å². The van der Waals surface area contributed by atoms with E-state index in [0.717, 1.165) is 12.8 Å². The van der Waals surface area contributed by atoms with Gasteiger partial charge in [0.1, 0.15) is 0 Å². The lowest BCUT2D eigenvalue weighted by molar-refractivity contribution is -0.138. The van der Waals surface area contributed by atoms with E-state index in [9.17, 15) is 9.59 Å². The van der Waals surface area contributed by atoms with Gasteiger partial charge >= 0.3 is 0 Å². The van der Waals surface area contributed by atoms with Crippen molar-refractivity contribution in [3.63, 3.8) is 0 Å². The van der Waals surface area contributed by atoms with Crippen LogP contribution in [0.3, 0.4) is 0 Å². The third-order valence-electron chi connectivity index (χ3n) is 6.38. The van der Waals surface area contributed by atoms with Crippen LogP contribution < -0.4 is 9.47 Å². The molecule has 1 heterocycles. The van der Waals surface area contributed by atoms with Crippen molar-refractivity contribution in [3.8, 4) is 11.5 Å². The minimum Gasteiger partial charge on any atom is -0.493 e. The molecule has 0 bridgehead atoms. The van der Waals surface area contributed by atoms with Crippen LogP contribution >= 0.6 is 0 Å². The molecule has 5 heteroatoms. The number of hydrogen-bond acceptors (Lipinski definition) is 4. The normalized spacial score (nSPS) is 14.3. The summed E-state index contributed by atoms with van der Waals surface area (Å²) in [5.74, 6) is 0.784. The van der Waals surface area contributed by atoms with Crippen molar-refractivity contribution in [2.45, 2.75) is 32.8 Å². The molecule has 0 aromatic heterocycles. The second-order valence-electron chi connectivity index (χ2n) is 8.72. The molecule has 3 aromatic rings. The molecular formula is C30H31NO4. The molecule has 4 rings (SSSR count). The Morgan fingerprint density at radius 3 is 1.89 bits per heavy atom. The molecule has 0 radical (unpaired) electrons. The second-order valence-corrected chi connectivity index (χ2v) is 8.72. The quantitative estimate of drug-likeness (QED) is 0.411. The number of benzene rings is 3. The molecule has 1 aliphatic heterocycles. The van der Waals surface area contributed by atoms with Gasteiger partial charge in [0.2, 0.25) is 0 Å². The van der Waals surface area contributed by atoms with Gasteiger partial charge in [-0.1, -0.05) is 66.2 Å². The topological polar surface area (TPSA) is 55.8 Å². The maximum atomic E-state index is 13.2. The zero-order valence-corrected chi connectivity index (χ0v) is 20.5. The van der Waals surface area contributed by atoms with Crippen LogP contribution in [0.1, 0.15) is 48.2 Å². The summed E-state index contributed by atoms with van der Waals surface area (Å²) in [5.41, 5.74) is 5.56. The first-order valence-electron chi connectivity index (χ1n) is 11.9. The van der Waals surface area contributed by atoms with Crippen molar-refractivity contribution in [1.29, 1.82) is 0 Å². The van der Waals surface area contributed by atoms with Crippen molar-refractivity contribution in [2.24, 2.45) is 0 Å². The Kier molecular flexibility index (Phi) is 7.66. The van der Waals surface area contributed by atoms with E-state index in [2.05, 4.69) is 48.5 Å². The van der Waals surface area contributed by atoms with E-state index < -0.39 is 6.10 Å². The number of carbonyl (C=O) groups excluding carboxylic acids is 2. The van der Waals surface area contributed by atoms with Gasteiger partial charge in [0.05, 0.1) is 7.11 Å². The van der Waals surface area contributed by atoms with Gasteiger partial charge in [0, 0.05) is 18.7 Å². The first-order chi connectivity index (χ1) is 17.0. The van der Waals surface area contributed by atoms with Crippen molar-refractivity contribution in [1.82, 2.24) is 4.90 Å². The van der Waals surface area contributed by atoms with Crippen LogP contribution in [0.2, 0.25) is 0 Å². The van der Waals surface area contributed by atoms with Crippen molar-refractivity contribution >= 4 is 17.3 Å². The fourth-order valence-corrected chi connectivity index (χ4v) is 4.51. The number of hydrogen-bond donors (Lipinski definition) is 0. The van der Waals surface area contributed by atoms with E-state index >= 15 is 0 Å². The van der Waals surface area contributed by atoms with Gasteiger partial charge in [-0.15, -0.1) is 0 Å². The van der Waals surface area contributed by atoms with Crippen molar-refractivity contribution in [3.05, 3.63) is 101 Å². The fraction of sp³-hybridized carbons (Fsp3) is 0.267. The SMILES string of the molecule is COc1cc(C(C)=O)ccc1OC(C)C(=O)N1CCC(=C(c2ccccc2)c2ccccc2)CC1. The van der Waals surface area contributed by atoms with Gasteiger partial charge in [-0.3, -0.25) is 9.59 Å². The van der Waals surface area contributed by atoms with Gasteiger partial charge in [-0.05, 0) is 61.6 Å². The average Bonchev–Trinajstić information content (AvgIpc) is 2.90. The lowest BCUT2D eigenvalue weighted by atomic mass is 9.88. The van der Waals surface area contributed by atoms with Crippen LogP contribution in [0.5, 0.6) is 11.5 Å². The maximum Gasteiger partial charge on any atom is 0.263 e. The number of piperidine rings is 1. The van der Waals surface area contributed by atoms with Crippen LogP contribution in [-0.4, -0.2) is 42.9 Å². The highest BCUT2D eigenvalue weighted by Gasteiger charge is 2.27. The summed E-state index contributed by atoms with van der Waals surface area (Å²) in [6.45, 7) is 4.55. The van der Waals surface area contributed by atoms with E-state index in [0.29, 0.717) is 30.2 Å². The largest absolute Gasteiger partial charge is 0.493 e. The molecule has 1 fully saturated rings. The molecule has 1 unspecified atom stereocenters. The minimum atomic E-state index is -0.666. The van der Waals surface area contributed by atoms with Crippen molar-refractivity contribution < 1.29 is 19.1 Å². The molecule has 0 spiro atoms. The van der Waals surface area contributed by atoms with E-state index in [-0.39, 0.29) is 11.7 Å². The molecule has 1 aliphatic rings. The van der Waals surface area contributed by atoms with E-state index in [1.54, 1.807) is 25.1 Å². The highest BCUT2D eigenvalue weighted by atomic mass is 16.5. The third-order valence-corrected chi connectivity index (χ3v) is 6.38. The van der Waals surface area contributed by atoms with Crippen LogP contribution in [0, 0.1) is 0 Å². The maximum absolute atomic E-state index is 13.2. The molecule has 0 saturated carbocycles. The van der Waals surface area contributed by atoms with Crippen molar-refractivity contribution in [2.75, 3.05) is 20.2 Å². The van der Waals surface area contributed by atoms with Crippen LogP contribution in [0.25, 0.3) is 5.57 Å². The molecular weight excluding hydrogens is 438 g/mol. The predicted molar refractivity (Wildman–Crippen MR) is 138 cm³/mol. The lowest BCUT2D eigenvalue weighted by Gasteiger charge is -2.32. The first-order valence-corrected chi connectivity index (χ1v) is 11.9. The standard InChI is InChI=1S/C30H31NO4/c1-21(32)26-14-15-27(28(20-26)34-3)35-22(2)30(33)31-18-16-25(17-19-31)29(23-10-6-4-7-11-23)24-12-8-5-9-13-24/h4-15,20,22H,16-19H2,1-3H3. The highest BCUT2D eigenvalue weighted by Crippen LogP contribution is 2.33. The summed E-state index contributed by atoms with van der Waals surface area (Å²) in [5, 5.41) is 0. The number of nitrogens with zero attached hydrogens (tertiary/aromatic N) is 1. The van der Waals surface area contributed by atoms with Crippen LogP contribution in [0.15, 0.2) is 84.4 Å². The lowest BCUT2D eigenvalue weighted by Crippen LogP contribution is -2.43. The van der Waals surface area contributed by atoms with Gasteiger partial charge < -0.3 is 14.4 Å². The van der Waals surface area contributed by atoms with E-state index in [1.165, 1.54) is 36.3 Å². The summed E-state index contributed by atoms with van der Waals surface area (Å²) < 4.78 is 11.3. The Morgan fingerprint density at radius 2 is 1.37 bits per heavy atom. The monoisotopic (exact) mass is 469 g/mol. The molecule has 180 valence electrons. The number of ketones is 1. The summed E-state index contributed by atoms with van der Waals surface area (Å²) in [6, 6.07) is 25.9. The van der Waals surface area contributed by atoms with Gasteiger partial charge in [-0.25, -0.2) is 0 Å². The summed E-state index contributed by atoms with van der Waals surface area (Å²) in [6.07, 6.45) is 0.961. The number of methoxy groups -OCH3 is 1. The highest BCUT2D eigenvalue weighted by molar-refractivity contribution is 5.94. The number of amides is 1. The fourth-order valence-electron chi connectivity index (χ4n) is 4.51. The molecule has 1 amide bonds. The third kappa shape index (κ3) is 5.62. The summed E-state index contributed by atoms with van der Waals surface area (Å²) >= 11 is 0. The zero-order valence-electron chi connectivity index (χ0n) is 20.5. The average molecular weight is 470 g/mol. The molecule has 1 saturated heterocycles. The number of ether oxygens (including phenoxy) is 2. The molecule has 3 aromatic carbocycles. The number of carbonyl (C=O) groups is 2. The Bertz CT molecular complexity index is 1170. The number of rotatable bonds is 7. The summed E-state index contributed by atoms with van der Waals surface area (Å²) in [7, 11) is 1.52. The van der Waals surface area contributed by atoms with Gasteiger partial charge in [-0.2, -0.15) is 0 Å². The smallest absolute Gasteiger partial charge is 0.263 e. The Hall–Kier alpha value is -3.86.